The zero-order valence-electron chi connectivity index (χ0n) is 15.2. The lowest BCUT2D eigenvalue weighted by atomic mass is 9.87. The Morgan fingerprint density at radius 3 is 2.77 bits per heavy atom. The van der Waals surface area contributed by atoms with Crippen LogP contribution in [0.2, 0.25) is 0 Å². The van der Waals surface area contributed by atoms with Crippen LogP contribution in [0.3, 0.4) is 0 Å². The molecule has 3 rings (SSSR count). The van der Waals surface area contributed by atoms with Crippen molar-refractivity contribution in [1.29, 1.82) is 0 Å². The first-order chi connectivity index (χ1) is 14.2. The normalized spacial score (nSPS) is 25.7. The Balaban J connectivity index is 1.72. The van der Waals surface area contributed by atoms with E-state index in [1.54, 1.807) is 0 Å². The molecule has 2 fully saturated rings. The van der Waals surface area contributed by atoms with Crippen molar-refractivity contribution in [3.05, 3.63) is 18.5 Å². The molecule has 15 heteroatoms. The van der Waals surface area contributed by atoms with E-state index >= 15 is 0 Å². The monoisotopic (exact) mass is 456 g/mol. The molecule has 0 spiro atoms. The molecule has 0 saturated carbocycles. The van der Waals surface area contributed by atoms with Gasteiger partial charge in [-0.05, 0) is 0 Å². The van der Waals surface area contributed by atoms with Gasteiger partial charge in [-0.15, -0.1) is 18.3 Å². The van der Waals surface area contributed by atoms with E-state index in [1.165, 1.54) is 22.7 Å². The van der Waals surface area contributed by atoms with Gasteiger partial charge in [0.2, 0.25) is 24.1 Å². The summed E-state index contributed by atoms with van der Waals surface area (Å²) in [5.74, 6) is -3.73. The summed E-state index contributed by atoms with van der Waals surface area (Å²) in [4.78, 5) is 57.1. The van der Waals surface area contributed by atoms with Crippen LogP contribution in [0.4, 0.5) is 5.13 Å². The molecule has 0 radical (unpaired) electrons. The van der Waals surface area contributed by atoms with Gasteiger partial charge in [0, 0.05) is 23.8 Å². The van der Waals surface area contributed by atoms with Gasteiger partial charge >= 0.3 is 11.9 Å². The topological polar surface area (TPSA) is 197 Å². The lowest BCUT2D eigenvalue weighted by Gasteiger charge is -2.53. The number of nitrogen functional groups attached to an aromatic ring is 1. The van der Waals surface area contributed by atoms with E-state index in [0.717, 1.165) is 11.5 Å². The van der Waals surface area contributed by atoms with Gasteiger partial charge in [-0.1, -0.05) is 11.2 Å². The number of amides is 2. The van der Waals surface area contributed by atoms with Crippen molar-refractivity contribution in [2.24, 2.45) is 10.6 Å². The van der Waals surface area contributed by atoms with Crippen LogP contribution in [0.15, 0.2) is 17.8 Å². The van der Waals surface area contributed by atoms with Crippen molar-refractivity contribution in [3.63, 3.8) is 0 Å². The second-order valence-corrected chi connectivity index (χ2v) is 8.24. The third-order valence-electron chi connectivity index (χ3n) is 4.42. The maximum absolute atomic E-state index is 12.7. The molecule has 2 amide bonds. The van der Waals surface area contributed by atoms with E-state index in [4.69, 9.17) is 10.8 Å². The molecular weight excluding hydrogens is 440 g/mol. The van der Waals surface area contributed by atoms with Gasteiger partial charge in [0.05, 0.1) is 0 Å². The van der Waals surface area contributed by atoms with Gasteiger partial charge in [-0.2, -0.15) is 9.36 Å². The molecule has 3 heterocycles. The number of nitrogens with two attached hydrogens (primary N) is 1. The largest absolute Gasteiger partial charge is 0.481 e. The molecule has 2 aliphatic heterocycles. The van der Waals surface area contributed by atoms with Crippen LogP contribution in [0.25, 0.3) is 0 Å². The summed E-state index contributed by atoms with van der Waals surface area (Å²) in [6, 6.07) is -0.931. The number of carbonyl (C=O) groups excluding carboxylic acids is 2. The number of oxime groups is 1. The zero-order chi connectivity index (χ0) is 22.1. The smallest absolute Gasteiger partial charge is 0.344 e. The molecule has 2 unspecified atom stereocenters. The van der Waals surface area contributed by atoms with Gasteiger partial charge in [0.15, 0.2) is 5.13 Å². The predicted octanol–water partition coefficient (Wildman–Crippen LogP) is -1.42. The summed E-state index contributed by atoms with van der Waals surface area (Å²) in [6.45, 7) is 2.70. The molecule has 30 heavy (non-hydrogen) atoms. The number of fused-ring (bicyclic) bond motifs is 1. The number of nitrogens with one attached hydrogen (secondary N) is 1. The number of rotatable bonds is 8. The number of hydrogen-bond donors (Lipinski definition) is 4. The maximum Gasteiger partial charge on any atom is 0.344 e. The number of nitrogens with zero attached hydrogens (tertiary/aromatic N) is 4. The number of carboxylic acid groups (broad SMARTS) is 2. The fraction of sp³-hybridized carbons (Fsp3) is 0.400. The highest BCUT2D eigenvalue weighted by molar-refractivity contribution is 8.00. The number of carboxylic acids is 2. The second-order valence-electron chi connectivity index (χ2n) is 6.35. The van der Waals surface area contributed by atoms with Crippen LogP contribution in [0.5, 0.6) is 0 Å². The molecule has 0 aromatic carbocycles. The quantitative estimate of drug-likeness (QED) is 0.155. The Labute approximate surface area is 177 Å². The third kappa shape index (κ3) is 3.93. The van der Waals surface area contributed by atoms with Gasteiger partial charge in [-0.3, -0.25) is 14.4 Å². The number of β-lactam (4-membered cyclic amide) rings is 1. The first kappa shape index (κ1) is 21.5. The summed E-state index contributed by atoms with van der Waals surface area (Å²) in [5.41, 5.74) is 3.81. The highest BCUT2D eigenvalue weighted by Crippen LogP contribution is 2.42. The summed E-state index contributed by atoms with van der Waals surface area (Å²) in [6.07, 6.45) is 1.31. The zero-order valence-corrected chi connectivity index (χ0v) is 16.8. The minimum absolute atomic E-state index is 0.0481. The van der Waals surface area contributed by atoms with Crippen LogP contribution in [0.1, 0.15) is 5.82 Å². The standard InChI is InChI=1S/C15H16N6O7S2/c1-2-15(13(26)27)4-21-11(25)8(12(21)29-5-15)17-10(24)7(19-28-3-6(22)23)9-18-14(16)30-20-9/h2,8,12H,1,3-5H2,(H,17,24)(H,22,23)(H,26,27)(H2,16,18,20)/t8?,12-,15?/m1/s1. The van der Waals surface area contributed by atoms with E-state index in [2.05, 4.69) is 31.2 Å². The number of hydrogen-bond acceptors (Lipinski definition) is 11. The van der Waals surface area contributed by atoms with Gasteiger partial charge in [0.1, 0.15) is 16.8 Å². The minimum Gasteiger partial charge on any atom is -0.481 e. The van der Waals surface area contributed by atoms with Gasteiger partial charge < -0.3 is 31.0 Å². The lowest BCUT2D eigenvalue weighted by Crippen LogP contribution is -2.73. The van der Waals surface area contributed by atoms with Crippen molar-refractivity contribution < 1.29 is 34.2 Å². The average molecular weight is 456 g/mol. The van der Waals surface area contributed by atoms with E-state index in [-0.39, 0.29) is 23.3 Å². The van der Waals surface area contributed by atoms with Crippen LogP contribution in [-0.2, 0) is 24.0 Å². The minimum atomic E-state index is -1.31. The van der Waals surface area contributed by atoms with Crippen LogP contribution >= 0.6 is 23.3 Å². The molecule has 0 aliphatic carbocycles. The fourth-order valence-corrected chi connectivity index (χ4v) is 4.78. The molecule has 13 nitrogen and oxygen atoms in total. The Hall–Kier alpha value is -3.20. The average Bonchev–Trinajstić information content (AvgIpc) is 3.14. The first-order valence-electron chi connectivity index (χ1n) is 8.30. The van der Waals surface area contributed by atoms with Crippen molar-refractivity contribution in [1.82, 2.24) is 19.6 Å². The molecule has 160 valence electrons. The van der Waals surface area contributed by atoms with E-state index in [1.807, 2.05) is 0 Å². The Kier molecular flexibility index (Phi) is 5.93. The van der Waals surface area contributed by atoms with E-state index in [0.29, 0.717) is 0 Å². The first-order valence-corrected chi connectivity index (χ1v) is 10.1. The summed E-state index contributed by atoms with van der Waals surface area (Å²) in [7, 11) is 0. The van der Waals surface area contributed by atoms with Crippen LogP contribution < -0.4 is 11.1 Å². The maximum atomic E-state index is 12.7. The highest BCUT2D eigenvalue weighted by atomic mass is 32.2. The van der Waals surface area contributed by atoms with Crippen molar-refractivity contribution in [2.45, 2.75) is 11.4 Å². The molecule has 3 atom stereocenters. The molecular formula is C15H16N6O7S2. The van der Waals surface area contributed by atoms with Crippen molar-refractivity contribution >= 4 is 57.9 Å². The molecule has 1 aromatic rings. The predicted molar refractivity (Wildman–Crippen MR) is 105 cm³/mol. The number of aromatic nitrogens is 2. The van der Waals surface area contributed by atoms with Gasteiger partial charge in [0.25, 0.3) is 5.91 Å². The van der Waals surface area contributed by atoms with Crippen LogP contribution in [-0.4, -0.2) is 84.3 Å². The summed E-state index contributed by atoms with van der Waals surface area (Å²) >= 11 is 1.99. The summed E-state index contributed by atoms with van der Waals surface area (Å²) in [5, 5.41) is 23.6. The number of carbonyl (C=O) groups is 4. The van der Waals surface area contributed by atoms with Gasteiger partial charge in [-0.25, -0.2) is 4.79 Å². The Morgan fingerprint density at radius 2 is 2.20 bits per heavy atom. The third-order valence-corrected chi connectivity index (χ3v) is 6.51. The van der Waals surface area contributed by atoms with Crippen molar-refractivity contribution in [3.8, 4) is 0 Å². The summed E-state index contributed by atoms with van der Waals surface area (Å²) < 4.78 is 3.85. The Morgan fingerprint density at radius 1 is 1.47 bits per heavy atom. The van der Waals surface area contributed by atoms with E-state index in [9.17, 15) is 24.3 Å². The van der Waals surface area contributed by atoms with Crippen LogP contribution in [0, 0.1) is 5.41 Å². The number of anilines is 1. The highest BCUT2D eigenvalue weighted by Gasteiger charge is 2.56. The SMILES string of the molecule is C=CC1(C(=O)O)CS[C@@H]2C(NC(=O)C(=NOCC(=O)O)c3nsc(N)n3)C(=O)N2C1. The Bertz CT molecular complexity index is 950. The molecule has 1 aromatic heterocycles. The molecule has 2 saturated heterocycles. The van der Waals surface area contributed by atoms with Crippen molar-refractivity contribution in [2.75, 3.05) is 24.6 Å². The fourth-order valence-electron chi connectivity index (χ4n) is 2.81. The second kappa shape index (κ2) is 8.27. The number of aliphatic carboxylic acids is 2. The number of thioether (sulfide) groups is 1. The van der Waals surface area contributed by atoms with E-state index < -0.39 is 52.9 Å². The molecule has 5 N–H and O–H groups in total. The lowest BCUT2D eigenvalue weighted by molar-refractivity contribution is -0.156. The molecule has 0 bridgehead atoms. The molecule has 2 aliphatic rings.